The van der Waals surface area contributed by atoms with Crippen LogP contribution in [0.1, 0.15) is 23.7 Å². The molecule has 2 atom stereocenters. The van der Waals surface area contributed by atoms with Gasteiger partial charge in [0.15, 0.2) is 11.5 Å². The number of benzene rings is 1. The van der Waals surface area contributed by atoms with Gasteiger partial charge >= 0.3 is 0 Å². The first-order chi connectivity index (χ1) is 10.8. The van der Waals surface area contributed by atoms with Gasteiger partial charge < -0.3 is 19.6 Å². The first-order valence-corrected chi connectivity index (χ1v) is 7.58. The van der Waals surface area contributed by atoms with Crippen LogP contribution in [0.15, 0.2) is 30.6 Å². The third kappa shape index (κ3) is 2.55. The maximum absolute atomic E-state index is 10.5. The van der Waals surface area contributed by atoms with E-state index in [9.17, 15) is 5.11 Å². The van der Waals surface area contributed by atoms with E-state index >= 15 is 0 Å². The van der Waals surface area contributed by atoms with Crippen molar-refractivity contribution in [2.45, 2.75) is 25.0 Å². The van der Waals surface area contributed by atoms with Gasteiger partial charge in [0.25, 0.3) is 0 Å². The van der Waals surface area contributed by atoms with Crippen molar-refractivity contribution < 1.29 is 14.6 Å². The smallest absolute Gasteiger partial charge is 0.231 e. The van der Waals surface area contributed by atoms with E-state index in [1.165, 1.54) is 0 Å². The third-order valence-electron chi connectivity index (χ3n) is 4.42. The Morgan fingerprint density at radius 1 is 1.32 bits per heavy atom. The molecule has 116 valence electrons. The molecule has 0 radical (unpaired) electrons. The molecule has 0 amide bonds. The van der Waals surface area contributed by atoms with E-state index in [4.69, 9.17) is 9.47 Å². The van der Waals surface area contributed by atoms with Crippen molar-refractivity contribution in [2.24, 2.45) is 0 Å². The molecule has 0 aliphatic carbocycles. The number of fused-ring (bicyclic) bond motifs is 1. The maximum atomic E-state index is 10.5. The summed E-state index contributed by atoms with van der Waals surface area (Å²) in [5.41, 5.74) is 1.12. The van der Waals surface area contributed by atoms with E-state index in [0.717, 1.165) is 42.4 Å². The lowest BCUT2D eigenvalue weighted by molar-refractivity contribution is 0.0466. The molecule has 2 N–H and O–H groups in total. The Hall–Kier alpha value is -2.05. The number of hydrogen-bond acceptors (Lipinski definition) is 5. The van der Waals surface area contributed by atoms with E-state index in [1.54, 1.807) is 6.20 Å². The van der Waals surface area contributed by atoms with Crippen molar-refractivity contribution in [1.29, 1.82) is 0 Å². The molecule has 1 fully saturated rings. The topological polar surface area (TPSA) is 70.6 Å². The summed E-state index contributed by atoms with van der Waals surface area (Å²) in [5.74, 6) is 2.65. The Kier molecular flexibility index (Phi) is 3.48. The number of H-pyrrole nitrogens is 1. The molecule has 3 heterocycles. The summed E-state index contributed by atoms with van der Waals surface area (Å²) in [4.78, 5) is 9.58. The lowest BCUT2D eigenvalue weighted by Gasteiger charge is -2.35. The van der Waals surface area contributed by atoms with Crippen molar-refractivity contribution >= 4 is 0 Å². The molecule has 2 aliphatic rings. The second-order valence-electron chi connectivity index (χ2n) is 5.85. The molecule has 2 aromatic rings. The van der Waals surface area contributed by atoms with Crippen molar-refractivity contribution in [2.75, 3.05) is 19.9 Å². The number of imidazole rings is 1. The Labute approximate surface area is 128 Å². The molecular weight excluding hydrogens is 282 g/mol. The highest BCUT2D eigenvalue weighted by Crippen LogP contribution is 2.37. The molecule has 1 saturated heterocycles. The van der Waals surface area contributed by atoms with Gasteiger partial charge in [-0.15, -0.1) is 0 Å². The molecule has 0 saturated carbocycles. The summed E-state index contributed by atoms with van der Waals surface area (Å²) in [7, 11) is 0. The number of ether oxygens (including phenoxy) is 2. The second-order valence-corrected chi connectivity index (χ2v) is 5.85. The summed E-state index contributed by atoms with van der Waals surface area (Å²) in [6.07, 6.45) is 4.11. The van der Waals surface area contributed by atoms with Crippen LogP contribution in [0.4, 0.5) is 0 Å². The minimum atomic E-state index is -0.385. The first-order valence-electron chi connectivity index (χ1n) is 7.58. The van der Waals surface area contributed by atoms with E-state index in [0.29, 0.717) is 6.54 Å². The average Bonchev–Trinajstić information content (AvgIpc) is 3.17. The molecule has 4 rings (SSSR count). The minimum Gasteiger partial charge on any atom is -0.454 e. The highest BCUT2D eigenvalue weighted by atomic mass is 16.7. The fraction of sp³-hybridized carbons (Fsp3) is 0.438. The van der Waals surface area contributed by atoms with Gasteiger partial charge in [0.1, 0.15) is 5.82 Å². The first kappa shape index (κ1) is 13.6. The van der Waals surface area contributed by atoms with Crippen molar-refractivity contribution in [1.82, 2.24) is 14.9 Å². The molecule has 0 bridgehead atoms. The quantitative estimate of drug-likeness (QED) is 0.899. The Bertz CT molecular complexity index is 644. The fourth-order valence-electron chi connectivity index (χ4n) is 3.27. The number of hydrogen-bond donors (Lipinski definition) is 2. The number of rotatable bonds is 3. The summed E-state index contributed by atoms with van der Waals surface area (Å²) in [6, 6.07) is 5.96. The van der Waals surface area contributed by atoms with Crippen LogP contribution in [0.2, 0.25) is 0 Å². The summed E-state index contributed by atoms with van der Waals surface area (Å²) in [5, 5.41) is 10.5. The summed E-state index contributed by atoms with van der Waals surface area (Å²) in [6.45, 7) is 2.62. The van der Waals surface area contributed by atoms with E-state index in [1.807, 2.05) is 24.4 Å². The van der Waals surface area contributed by atoms with Crippen LogP contribution >= 0.6 is 0 Å². The van der Waals surface area contributed by atoms with Gasteiger partial charge in [0.05, 0.1) is 12.6 Å². The number of aromatic nitrogens is 2. The minimum absolute atomic E-state index is 0.141. The van der Waals surface area contributed by atoms with Gasteiger partial charge in [-0.3, -0.25) is 4.90 Å². The maximum Gasteiger partial charge on any atom is 0.231 e. The van der Waals surface area contributed by atoms with Gasteiger partial charge in [-0.25, -0.2) is 4.98 Å². The monoisotopic (exact) mass is 301 g/mol. The number of β-amino-alcohol motifs (C(OH)–C–C–N with tert-alkyl or cyclic N) is 1. The number of piperidine rings is 1. The third-order valence-corrected chi connectivity index (χ3v) is 4.42. The largest absolute Gasteiger partial charge is 0.454 e. The van der Waals surface area contributed by atoms with Crippen LogP contribution in [0.25, 0.3) is 0 Å². The van der Waals surface area contributed by atoms with Gasteiger partial charge in [-0.1, -0.05) is 6.07 Å². The van der Waals surface area contributed by atoms with E-state index < -0.39 is 0 Å². The van der Waals surface area contributed by atoms with Crippen molar-refractivity contribution in [3.63, 3.8) is 0 Å². The number of likely N-dealkylation sites (tertiary alicyclic amines) is 1. The van der Waals surface area contributed by atoms with Crippen LogP contribution in [-0.4, -0.2) is 46.0 Å². The number of aliphatic hydroxyl groups is 1. The molecule has 0 spiro atoms. The van der Waals surface area contributed by atoms with Gasteiger partial charge in [0.2, 0.25) is 6.79 Å². The standard InChI is InChI=1S/C16H19N3O3/c20-13-8-19(9-16-17-4-5-18-16)6-3-12(13)11-1-2-14-15(7-11)22-10-21-14/h1-2,4-5,7,12-13,20H,3,6,8-10H2,(H,17,18)/t12-,13+/m0/s1. The predicted octanol–water partition coefficient (Wildman–Crippen LogP) is 1.49. The van der Waals surface area contributed by atoms with Crippen LogP contribution < -0.4 is 9.47 Å². The summed E-state index contributed by atoms with van der Waals surface area (Å²) < 4.78 is 10.8. The normalized spacial score (nSPS) is 24.6. The Morgan fingerprint density at radius 2 is 2.23 bits per heavy atom. The number of aliphatic hydroxyl groups excluding tert-OH is 1. The second kappa shape index (κ2) is 5.62. The highest BCUT2D eigenvalue weighted by Gasteiger charge is 2.30. The van der Waals surface area contributed by atoms with E-state index in [-0.39, 0.29) is 18.8 Å². The van der Waals surface area contributed by atoms with Crippen molar-refractivity contribution in [3.05, 3.63) is 42.0 Å². The fourth-order valence-corrected chi connectivity index (χ4v) is 3.27. The zero-order valence-electron chi connectivity index (χ0n) is 12.2. The van der Waals surface area contributed by atoms with E-state index in [2.05, 4.69) is 14.9 Å². The SMILES string of the molecule is O[C@@H]1CN(Cc2ncc[nH]2)CC[C@H]1c1ccc2c(c1)OCO2. The molecular formula is C16H19N3O3. The van der Waals surface area contributed by atoms with Crippen molar-refractivity contribution in [3.8, 4) is 11.5 Å². The number of nitrogens with zero attached hydrogens (tertiary/aromatic N) is 2. The van der Waals surface area contributed by atoms with Gasteiger partial charge in [0, 0.05) is 24.9 Å². The number of aromatic amines is 1. The zero-order chi connectivity index (χ0) is 14.9. The zero-order valence-corrected chi connectivity index (χ0v) is 12.2. The lowest BCUT2D eigenvalue weighted by Crippen LogP contribution is -2.42. The highest BCUT2D eigenvalue weighted by molar-refractivity contribution is 5.45. The molecule has 0 unspecified atom stereocenters. The molecule has 1 aromatic heterocycles. The molecule has 2 aliphatic heterocycles. The molecule has 6 heteroatoms. The average molecular weight is 301 g/mol. The molecule has 22 heavy (non-hydrogen) atoms. The Morgan fingerprint density at radius 3 is 3.05 bits per heavy atom. The number of nitrogens with one attached hydrogen (secondary N) is 1. The Balaban J connectivity index is 1.44. The van der Waals surface area contributed by atoms with Crippen LogP contribution in [0, 0.1) is 0 Å². The lowest BCUT2D eigenvalue weighted by atomic mass is 9.87. The molecule has 1 aromatic carbocycles. The van der Waals surface area contributed by atoms with Crippen LogP contribution in [0.5, 0.6) is 11.5 Å². The molecule has 6 nitrogen and oxygen atoms in total. The predicted molar refractivity (Wildman–Crippen MR) is 79.8 cm³/mol. The van der Waals surface area contributed by atoms with Crippen LogP contribution in [-0.2, 0) is 6.54 Å². The van der Waals surface area contributed by atoms with Crippen LogP contribution in [0.3, 0.4) is 0 Å². The van der Waals surface area contributed by atoms with Gasteiger partial charge in [-0.05, 0) is 30.7 Å². The van der Waals surface area contributed by atoms with Gasteiger partial charge in [-0.2, -0.15) is 0 Å². The summed E-state index contributed by atoms with van der Waals surface area (Å²) >= 11 is 0.